The molecular weight excluding hydrogens is 737 g/mol. The first-order valence-corrected chi connectivity index (χ1v) is 20.5. The maximum atomic E-state index is 14.2. The lowest BCUT2D eigenvalue weighted by Crippen LogP contribution is -2.56. The minimum atomic E-state index is -0.683. The monoisotopic (exact) mass is 792 g/mol. The Balaban J connectivity index is 1.06. The second-order valence-corrected chi connectivity index (χ2v) is 16.7. The molecule has 3 aliphatic rings. The van der Waals surface area contributed by atoms with Gasteiger partial charge in [0, 0.05) is 41.0 Å². The van der Waals surface area contributed by atoms with Gasteiger partial charge in [-0.2, -0.15) is 0 Å². The van der Waals surface area contributed by atoms with Crippen molar-refractivity contribution < 1.29 is 28.7 Å². The van der Waals surface area contributed by atoms with Crippen molar-refractivity contribution in [1.82, 2.24) is 40.6 Å². The summed E-state index contributed by atoms with van der Waals surface area (Å²) in [6.07, 6.45) is 8.87. The lowest BCUT2D eigenvalue weighted by Gasteiger charge is -2.42. The summed E-state index contributed by atoms with van der Waals surface area (Å²) in [6, 6.07) is 13.6. The van der Waals surface area contributed by atoms with Crippen LogP contribution in [0.15, 0.2) is 54.9 Å². The van der Waals surface area contributed by atoms with Crippen LogP contribution in [0.2, 0.25) is 0 Å². The normalized spacial score (nSPS) is 21.9. The molecule has 3 heterocycles. The Bertz CT molecular complexity index is 2140. The number of hydrogen-bond acceptors (Lipinski definition) is 8. The molecule has 58 heavy (non-hydrogen) atoms. The van der Waals surface area contributed by atoms with Crippen molar-refractivity contribution in [2.45, 2.75) is 103 Å². The van der Waals surface area contributed by atoms with E-state index in [1.807, 2.05) is 45.0 Å². The maximum Gasteiger partial charge on any atom is 0.425 e. The molecule has 3 fully saturated rings. The van der Waals surface area contributed by atoms with Gasteiger partial charge < -0.3 is 29.7 Å². The number of fused-ring (bicyclic) bond motifs is 2. The third-order valence-corrected chi connectivity index (χ3v) is 12.6. The van der Waals surface area contributed by atoms with E-state index in [0.29, 0.717) is 6.54 Å². The zero-order chi connectivity index (χ0) is 41.3. The third-order valence-electron chi connectivity index (χ3n) is 12.6. The van der Waals surface area contributed by atoms with Crippen LogP contribution in [0, 0.1) is 24.7 Å². The highest BCUT2D eigenvalue weighted by Gasteiger charge is 2.57. The molecule has 308 valence electrons. The Morgan fingerprint density at radius 2 is 1.55 bits per heavy atom. The van der Waals surface area contributed by atoms with Crippen molar-refractivity contribution in [3.63, 3.8) is 0 Å². The summed E-state index contributed by atoms with van der Waals surface area (Å²) >= 11 is 0. The standard InChI is InChI=1S/C44H56N8O6/c1-25(2)37(49-42(55)57-6)41(54)51-21-9-11-34(51)33-23-45-39(47-33)32-17-16-31(22-27(32)5)28-12-14-30(15-13-28)38-46-24-35(48-38)44-19-8-10-29(18-20-44)36(44)40(53)52(26(3)4)50-43(56)58-7/h12-17,22-26,29,34,36-37H,8-11,18-21H2,1-7H3,(H,45,47)(H,46,48)(H,49,55)(H,50,56)/t29?,34-,36?,37-,44?/m0/s1. The average molecular weight is 793 g/mol. The number of methoxy groups -OCH3 is 2. The number of carbonyl (C=O) groups is 4. The number of hydrogen-bond donors (Lipinski definition) is 4. The van der Waals surface area contributed by atoms with Crippen molar-refractivity contribution in [1.29, 1.82) is 0 Å². The van der Waals surface area contributed by atoms with E-state index in [4.69, 9.17) is 19.4 Å². The van der Waals surface area contributed by atoms with Crippen molar-refractivity contribution in [2.24, 2.45) is 17.8 Å². The summed E-state index contributed by atoms with van der Waals surface area (Å²) in [7, 11) is 2.59. The molecule has 7 rings (SSSR count). The Kier molecular flexibility index (Phi) is 11.7. The molecule has 4 amide bonds. The number of aromatic nitrogens is 4. The number of amides is 4. The van der Waals surface area contributed by atoms with Crippen LogP contribution in [0.5, 0.6) is 0 Å². The Hall–Kier alpha value is -5.66. The summed E-state index contributed by atoms with van der Waals surface area (Å²) in [5, 5.41) is 4.15. The first-order chi connectivity index (χ1) is 27.8. The zero-order valence-corrected chi connectivity index (χ0v) is 34.6. The first-order valence-electron chi connectivity index (χ1n) is 20.5. The number of benzene rings is 2. The van der Waals surface area contributed by atoms with Gasteiger partial charge in [-0.05, 0) is 87.8 Å². The lowest BCUT2D eigenvalue weighted by molar-refractivity contribution is -0.145. The van der Waals surface area contributed by atoms with Crippen LogP contribution in [0.25, 0.3) is 33.9 Å². The van der Waals surface area contributed by atoms with Crippen LogP contribution < -0.4 is 10.7 Å². The van der Waals surface area contributed by atoms with E-state index >= 15 is 0 Å². The molecule has 1 aliphatic heterocycles. The molecular formula is C44H56N8O6. The van der Waals surface area contributed by atoms with Crippen molar-refractivity contribution in [2.75, 3.05) is 20.8 Å². The van der Waals surface area contributed by atoms with Gasteiger partial charge in [-0.1, -0.05) is 62.7 Å². The van der Waals surface area contributed by atoms with Crippen LogP contribution in [0.4, 0.5) is 9.59 Å². The number of likely N-dealkylation sites (tertiary alicyclic amines) is 1. The molecule has 0 spiro atoms. The topological polar surface area (TPSA) is 175 Å². The van der Waals surface area contributed by atoms with Gasteiger partial charge in [0.25, 0.3) is 0 Å². The van der Waals surface area contributed by atoms with E-state index in [1.165, 1.54) is 19.2 Å². The molecule has 14 nitrogen and oxygen atoms in total. The molecule has 2 aromatic carbocycles. The number of aryl methyl sites for hydroxylation is 1. The fourth-order valence-electron chi connectivity index (χ4n) is 9.62. The van der Waals surface area contributed by atoms with Gasteiger partial charge >= 0.3 is 12.2 Å². The molecule has 14 heteroatoms. The number of alkyl carbamates (subject to hydrolysis) is 1. The molecule has 5 atom stereocenters. The molecule has 2 saturated carbocycles. The van der Waals surface area contributed by atoms with Crippen LogP contribution in [-0.2, 0) is 24.5 Å². The van der Waals surface area contributed by atoms with Gasteiger partial charge in [-0.3, -0.25) is 9.59 Å². The minimum absolute atomic E-state index is 0.0736. The number of nitrogens with one attached hydrogen (secondary N) is 4. The Labute approximate surface area is 339 Å². The molecule has 1 saturated heterocycles. The molecule has 2 bridgehead atoms. The summed E-state index contributed by atoms with van der Waals surface area (Å²) < 4.78 is 9.60. The molecule has 2 aliphatic carbocycles. The molecule has 4 N–H and O–H groups in total. The van der Waals surface area contributed by atoms with Gasteiger partial charge in [0.2, 0.25) is 11.8 Å². The number of imidazole rings is 2. The predicted octanol–water partition coefficient (Wildman–Crippen LogP) is 7.44. The average Bonchev–Trinajstić information content (AvgIpc) is 4.04. The largest absolute Gasteiger partial charge is 0.453 e. The van der Waals surface area contributed by atoms with E-state index in [-0.39, 0.29) is 47.1 Å². The van der Waals surface area contributed by atoms with Crippen molar-refractivity contribution >= 4 is 24.0 Å². The highest BCUT2D eigenvalue weighted by atomic mass is 16.5. The van der Waals surface area contributed by atoms with E-state index in [1.54, 1.807) is 0 Å². The minimum Gasteiger partial charge on any atom is -0.453 e. The molecule has 2 aromatic heterocycles. The van der Waals surface area contributed by atoms with E-state index in [0.717, 1.165) is 95.8 Å². The van der Waals surface area contributed by atoms with Crippen LogP contribution >= 0.6 is 0 Å². The van der Waals surface area contributed by atoms with Gasteiger partial charge in [-0.25, -0.2) is 30.0 Å². The maximum absolute atomic E-state index is 14.2. The SMILES string of the molecule is COC(=O)N[C@H](C(=O)N1CCC[C@H]1c1cnc(-c2ccc(-c3ccc(-c4ncc(C56CCCC(CC5)C6C(=O)N(NC(=O)OC)C(C)C)[nH]4)cc3)cc2C)[nH]1)C(C)C. The fraction of sp³-hybridized carbons (Fsp3) is 0.500. The summed E-state index contributed by atoms with van der Waals surface area (Å²) in [4.78, 5) is 70.4. The van der Waals surface area contributed by atoms with Crippen LogP contribution in [0.1, 0.15) is 95.6 Å². The predicted molar refractivity (Wildman–Crippen MR) is 219 cm³/mol. The summed E-state index contributed by atoms with van der Waals surface area (Å²) in [6.45, 7) is 10.3. The second kappa shape index (κ2) is 16.7. The van der Waals surface area contributed by atoms with Crippen LogP contribution in [0.3, 0.4) is 0 Å². The van der Waals surface area contributed by atoms with Gasteiger partial charge in [0.15, 0.2) is 0 Å². The Morgan fingerprint density at radius 1 is 0.845 bits per heavy atom. The number of ether oxygens (including phenoxy) is 2. The lowest BCUT2D eigenvalue weighted by atomic mass is 9.65. The number of carbonyl (C=O) groups excluding carboxylic acids is 4. The summed E-state index contributed by atoms with van der Waals surface area (Å²) in [5.41, 5.74) is 9.25. The zero-order valence-electron chi connectivity index (χ0n) is 34.6. The number of aromatic amines is 2. The van der Waals surface area contributed by atoms with Gasteiger partial charge in [0.05, 0.1) is 38.1 Å². The number of rotatable bonds is 10. The third kappa shape index (κ3) is 7.68. The van der Waals surface area contributed by atoms with E-state index < -0.39 is 18.2 Å². The first kappa shape index (κ1) is 40.5. The number of H-pyrrole nitrogens is 2. The van der Waals surface area contributed by atoms with E-state index in [2.05, 4.69) is 70.1 Å². The number of nitrogens with zero attached hydrogens (tertiary/aromatic N) is 4. The highest BCUT2D eigenvalue weighted by Crippen LogP contribution is 2.57. The van der Waals surface area contributed by atoms with Gasteiger partial charge in [0.1, 0.15) is 17.7 Å². The van der Waals surface area contributed by atoms with Crippen molar-refractivity contribution in [3.8, 4) is 33.9 Å². The van der Waals surface area contributed by atoms with Crippen LogP contribution in [-0.4, -0.2) is 86.7 Å². The smallest absolute Gasteiger partial charge is 0.425 e. The number of hydrazine groups is 1. The second-order valence-electron chi connectivity index (χ2n) is 16.7. The quantitative estimate of drug-likeness (QED) is 0.120. The van der Waals surface area contributed by atoms with Crippen molar-refractivity contribution in [3.05, 3.63) is 71.8 Å². The Morgan fingerprint density at radius 3 is 2.24 bits per heavy atom. The highest BCUT2D eigenvalue weighted by molar-refractivity contribution is 5.87. The fourth-order valence-corrected chi connectivity index (χ4v) is 9.62. The molecule has 0 radical (unpaired) electrons. The molecule has 4 aromatic rings. The van der Waals surface area contributed by atoms with E-state index in [9.17, 15) is 19.2 Å². The van der Waals surface area contributed by atoms with Gasteiger partial charge in [-0.15, -0.1) is 0 Å². The summed E-state index contributed by atoms with van der Waals surface area (Å²) in [5.74, 6) is 1.17. The molecule has 3 unspecified atom stereocenters.